The lowest BCUT2D eigenvalue weighted by molar-refractivity contribution is 0.786. The monoisotopic (exact) mass is 179 g/mol. The van der Waals surface area contributed by atoms with E-state index in [9.17, 15) is 0 Å². The first-order valence-corrected chi connectivity index (χ1v) is 4.21. The van der Waals surface area contributed by atoms with Crippen LogP contribution in [-0.4, -0.2) is 19.8 Å². The second kappa shape index (κ2) is 3.84. The largest absolute Gasteiger partial charge is 0.382 e. The zero-order valence-corrected chi connectivity index (χ0v) is 8.02. The van der Waals surface area contributed by atoms with Gasteiger partial charge >= 0.3 is 0 Å². The molecule has 0 saturated heterocycles. The van der Waals surface area contributed by atoms with E-state index in [1.165, 1.54) is 4.63 Å². The summed E-state index contributed by atoms with van der Waals surface area (Å²) >= 11 is 0. The molecule has 2 aromatic heterocycles. The second-order valence-electron chi connectivity index (χ2n) is 2.27. The Morgan fingerprint density at radius 2 is 2.00 bits per heavy atom. The van der Waals surface area contributed by atoms with E-state index in [2.05, 4.69) is 15.2 Å². The smallest absolute Gasteiger partial charge is 0.181 e. The van der Waals surface area contributed by atoms with Gasteiger partial charge in [0.2, 0.25) is 0 Å². The van der Waals surface area contributed by atoms with Crippen molar-refractivity contribution in [3.8, 4) is 0 Å². The third-order valence-electron chi connectivity index (χ3n) is 1.55. The molecule has 0 aliphatic carbocycles. The number of rotatable bonds is 0. The number of fused-ring (bicyclic) bond motifs is 1. The van der Waals surface area contributed by atoms with Gasteiger partial charge in [-0.05, 0) is 6.92 Å². The summed E-state index contributed by atoms with van der Waals surface area (Å²) in [5.41, 5.74) is 7.13. The lowest BCUT2D eigenvalue weighted by atomic mass is 10.4. The van der Waals surface area contributed by atoms with E-state index in [4.69, 9.17) is 5.73 Å². The molecule has 2 N–H and O–H groups in total. The Morgan fingerprint density at radius 3 is 2.62 bits per heavy atom. The molecule has 0 aliphatic heterocycles. The number of hydrogen-bond donors (Lipinski definition) is 1. The molecular formula is C8H13N5. The number of nitrogens with zero attached hydrogens (tertiary/aromatic N) is 4. The van der Waals surface area contributed by atoms with Crippen LogP contribution in [0.1, 0.15) is 19.4 Å². The number of aromatic nitrogens is 4. The molecule has 2 heterocycles. The van der Waals surface area contributed by atoms with Gasteiger partial charge < -0.3 is 5.73 Å². The Hall–Kier alpha value is -1.65. The molecule has 2 aromatic rings. The topological polar surface area (TPSA) is 69.1 Å². The Morgan fingerprint density at radius 1 is 1.31 bits per heavy atom. The summed E-state index contributed by atoms with van der Waals surface area (Å²) in [5, 5.41) is 7.86. The molecule has 5 heteroatoms. The minimum absolute atomic E-state index is 0.483. The van der Waals surface area contributed by atoms with E-state index < -0.39 is 0 Å². The Bertz CT molecular complexity index is 392. The van der Waals surface area contributed by atoms with Crippen LogP contribution in [0.5, 0.6) is 0 Å². The first kappa shape index (κ1) is 9.44. The van der Waals surface area contributed by atoms with Crippen LogP contribution in [0.15, 0.2) is 12.4 Å². The van der Waals surface area contributed by atoms with Gasteiger partial charge in [-0.25, -0.2) is 4.98 Å². The summed E-state index contributed by atoms with van der Waals surface area (Å²) in [4.78, 5) is 4.06. The van der Waals surface area contributed by atoms with Crippen LogP contribution in [0.25, 0.3) is 5.65 Å². The molecule has 0 radical (unpaired) electrons. The van der Waals surface area contributed by atoms with Crippen LogP contribution in [-0.2, 0) is 0 Å². The van der Waals surface area contributed by atoms with Crippen molar-refractivity contribution in [2.45, 2.75) is 20.8 Å². The maximum atomic E-state index is 5.54. The number of nitrogen functional groups attached to an aromatic ring is 1. The number of hydrogen-bond acceptors (Lipinski definition) is 4. The maximum Gasteiger partial charge on any atom is 0.181 e. The average molecular weight is 179 g/mol. The van der Waals surface area contributed by atoms with Gasteiger partial charge in [0.25, 0.3) is 0 Å². The van der Waals surface area contributed by atoms with Crippen molar-refractivity contribution < 1.29 is 0 Å². The molecule has 13 heavy (non-hydrogen) atoms. The predicted molar refractivity (Wildman–Crippen MR) is 51.3 cm³/mol. The molecule has 5 nitrogen and oxygen atoms in total. The molecule has 2 rings (SSSR count). The third kappa shape index (κ3) is 1.58. The van der Waals surface area contributed by atoms with Crippen molar-refractivity contribution >= 4 is 11.5 Å². The minimum Gasteiger partial charge on any atom is -0.382 e. The lowest BCUT2D eigenvalue weighted by Crippen LogP contribution is -1.94. The second-order valence-corrected chi connectivity index (χ2v) is 2.27. The van der Waals surface area contributed by atoms with Crippen LogP contribution < -0.4 is 5.73 Å². The molecule has 0 bridgehead atoms. The summed E-state index contributed by atoms with van der Waals surface area (Å²) in [6.45, 7) is 5.87. The van der Waals surface area contributed by atoms with E-state index in [1.54, 1.807) is 12.4 Å². The van der Waals surface area contributed by atoms with Gasteiger partial charge in [-0.3, -0.25) is 0 Å². The number of anilines is 1. The van der Waals surface area contributed by atoms with Crippen molar-refractivity contribution in [2.24, 2.45) is 0 Å². The van der Waals surface area contributed by atoms with E-state index in [0.29, 0.717) is 11.5 Å². The molecule has 70 valence electrons. The van der Waals surface area contributed by atoms with Crippen LogP contribution in [0.2, 0.25) is 0 Å². The van der Waals surface area contributed by atoms with Gasteiger partial charge in [0.15, 0.2) is 11.5 Å². The Balaban J connectivity index is 0.000000396. The van der Waals surface area contributed by atoms with Crippen molar-refractivity contribution in [1.82, 2.24) is 19.8 Å². The average Bonchev–Trinajstić information content (AvgIpc) is 2.47. The quantitative estimate of drug-likeness (QED) is 0.656. The highest BCUT2D eigenvalue weighted by Gasteiger charge is 2.04. The van der Waals surface area contributed by atoms with Crippen molar-refractivity contribution in [3.63, 3.8) is 0 Å². The molecule has 0 saturated carbocycles. The summed E-state index contributed by atoms with van der Waals surface area (Å²) in [6.07, 6.45) is 3.18. The summed E-state index contributed by atoms with van der Waals surface area (Å²) in [7, 11) is 0. The van der Waals surface area contributed by atoms with Crippen LogP contribution in [0.3, 0.4) is 0 Å². The summed E-state index contributed by atoms with van der Waals surface area (Å²) in [6, 6.07) is 0. The van der Waals surface area contributed by atoms with Crippen molar-refractivity contribution in [1.29, 1.82) is 0 Å². The molecule has 0 aliphatic rings. The first-order chi connectivity index (χ1) is 6.29. The molecule has 0 spiro atoms. The third-order valence-corrected chi connectivity index (χ3v) is 1.55. The SMILES string of the molecule is CC.Cc1c(N)nn2nccnc12. The van der Waals surface area contributed by atoms with E-state index in [-0.39, 0.29) is 0 Å². The van der Waals surface area contributed by atoms with Crippen molar-refractivity contribution in [3.05, 3.63) is 18.0 Å². The molecule has 0 aromatic carbocycles. The maximum absolute atomic E-state index is 5.54. The first-order valence-electron chi connectivity index (χ1n) is 4.21. The van der Waals surface area contributed by atoms with E-state index in [0.717, 1.165) is 5.56 Å². The van der Waals surface area contributed by atoms with Gasteiger partial charge in [0.1, 0.15) is 0 Å². The highest BCUT2D eigenvalue weighted by Crippen LogP contribution is 2.10. The normalized spacial score (nSPS) is 9.46. The minimum atomic E-state index is 0.483. The molecular weight excluding hydrogens is 166 g/mol. The van der Waals surface area contributed by atoms with Gasteiger partial charge in [0, 0.05) is 11.8 Å². The molecule has 0 atom stereocenters. The molecule has 0 fully saturated rings. The zero-order valence-electron chi connectivity index (χ0n) is 8.02. The van der Waals surface area contributed by atoms with Gasteiger partial charge in [-0.1, -0.05) is 13.8 Å². The highest BCUT2D eigenvalue weighted by molar-refractivity contribution is 5.56. The number of aryl methyl sites for hydroxylation is 1. The fourth-order valence-electron chi connectivity index (χ4n) is 0.915. The number of nitrogens with two attached hydrogens (primary N) is 1. The molecule has 0 amide bonds. The van der Waals surface area contributed by atoms with Gasteiger partial charge in [-0.2, -0.15) is 5.10 Å². The van der Waals surface area contributed by atoms with Gasteiger partial charge in [0.05, 0.1) is 6.20 Å². The van der Waals surface area contributed by atoms with Crippen LogP contribution in [0, 0.1) is 6.92 Å². The zero-order chi connectivity index (χ0) is 9.84. The predicted octanol–water partition coefficient (Wildman–Crippen LogP) is 1.04. The molecule has 0 unspecified atom stereocenters. The lowest BCUT2D eigenvalue weighted by Gasteiger charge is -1.86. The van der Waals surface area contributed by atoms with Crippen molar-refractivity contribution in [2.75, 3.05) is 5.73 Å². The van der Waals surface area contributed by atoms with Crippen LogP contribution >= 0.6 is 0 Å². The van der Waals surface area contributed by atoms with Crippen LogP contribution in [0.4, 0.5) is 5.82 Å². The standard InChI is InChI=1S/C6H7N5.C2H6/c1-4-5(7)10-11-6(4)8-2-3-9-11;1-2/h2-3H,1H3,(H2,7,10);1-2H3. The Labute approximate surface area is 76.6 Å². The highest BCUT2D eigenvalue weighted by atomic mass is 15.4. The van der Waals surface area contributed by atoms with E-state index in [1.807, 2.05) is 20.8 Å². The fourth-order valence-corrected chi connectivity index (χ4v) is 0.915. The Kier molecular flexibility index (Phi) is 2.79. The van der Waals surface area contributed by atoms with Gasteiger partial charge in [-0.15, -0.1) is 9.73 Å². The summed E-state index contributed by atoms with van der Waals surface area (Å²) < 4.78 is 1.42. The van der Waals surface area contributed by atoms with E-state index >= 15 is 0 Å². The fraction of sp³-hybridized carbons (Fsp3) is 0.375. The summed E-state index contributed by atoms with van der Waals surface area (Å²) in [5.74, 6) is 0.483.